The molecule has 2 N–H and O–H groups in total. The molecule has 0 fully saturated rings. The molecule has 0 aromatic carbocycles. The minimum Gasteiger partial charge on any atom is -1.00 e. The van der Waals surface area contributed by atoms with E-state index in [4.69, 9.17) is 19.4 Å². The van der Waals surface area contributed by atoms with Gasteiger partial charge in [-0.3, -0.25) is 4.57 Å². The average molecular weight is 210 g/mol. The molecule has 0 atom stereocenters. The van der Waals surface area contributed by atoms with Gasteiger partial charge in [-0.25, -0.2) is 0 Å². The Labute approximate surface area is 134 Å². The molecule has 5 nitrogen and oxygen atoms in total. The molecule has 0 aliphatic heterocycles. The molecule has 0 amide bonds. The van der Waals surface area contributed by atoms with Crippen LogP contribution < -0.4 is 98.7 Å². The number of carboxylic acid groups (broad SMARTS) is 1. The Morgan fingerprint density at radius 2 is 1.36 bits per heavy atom. The van der Waals surface area contributed by atoms with E-state index in [9.17, 15) is 0 Å². The van der Waals surface area contributed by atoms with Crippen molar-refractivity contribution in [3.63, 3.8) is 0 Å². The maximum atomic E-state index is 8.89. The molecule has 0 saturated heterocycles. The van der Waals surface area contributed by atoms with E-state index in [0.717, 1.165) is 6.92 Å². The molecule has 0 heterocycles. The number of carbonyl (C=O) groups is 1. The summed E-state index contributed by atoms with van der Waals surface area (Å²) < 4.78 is 8.35. The summed E-state index contributed by atoms with van der Waals surface area (Å²) in [6.07, 6.45) is 0. The zero-order valence-electron chi connectivity index (χ0n) is 8.08. The van der Waals surface area contributed by atoms with Crippen LogP contribution in [0.25, 0.3) is 0 Å². The Kier molecular flexibility index (Phi) is 134. The van der Waals surface area contributed by atoms with Gasteiger partial charge in [-0.2, -0.15) is 0 Å². The Hall–Kier alpha value is 2.49. The molecule has 9 heteroatoms. The van der Waals surface area contributed by atoms with Gasteiger partial charge in [-0.05, 0) is 6.92 Å². The standard InChI is InChI=1S/C2H4O2.3Na.HO2P.H2O.H/c1-2(3)4;;;;1-3-2;;/h1H3,(H,3,4);;;;(H,1,2);1H2;/q;3*+1;;;-1/p-2. The first-order chi connectivity index (χ1) is 3.15. The minimum absolute atomic E-state index is 0. The smallest absolute Gasteiger partial charge is 1.00 e. The third kappa shape index (κ3) is 222. The van der Waals surface area contributed by atoms with Crippen LogP contribution in [0.3, 0.4) is 0 Å². The van der Waals surface area contributed by atoms with Crippen LogP contribution in [-0.2, 0) is 9.36 Å². The Bertz CT molecular complexity index is 71.7. The molecule has 0 unspecified atom stereocenters. The molecule has 0 bridgehead atoms. The second-order valence-corrected chi connectivity index (χ2v) is 0.715. The number of aliphatic carboxylic acids is 1. The van der Waals surface area contributed by atoms with Crippen LogP contribution in [0.5, 0.6) is 0 Å². The Balaban J connectivity index is -0.00000000597. The second kappa shape index (κ2) is 39.1. The van der Waals surface area contributed by atoms with E-state index in [2.05, 4.69) is 0 Å². The van der Waals surface area contributed by atoms with Gasteiger partial charge in [0.2, 0.25) is 0 Å². The van der Waals surface area contributed by atoms with Crippen molar-refractivity contribution >= 4 is 14.7 Å². The maximum absolute atomic E-state index is 8.89. The number of hydrogen-bond acceptors (Lipinski definition) is 4. The quantitative estimate of drug-likeness (QED) is 0.291. The summed E-state index contributed by atoms with van der Waals surface area (Å²) in [4.78, 5) is 17.2. The molecule has 0 aromatic rings. The summed E-state index contributed by atoms with van der Waals surface area (Å²) in [5.41, 5.74) is 0. The SMILES string of the molecule is CC(=O)[O-].O.O=P[O-].[H-].[Na+].[Na+].[Na+]. The van der Waals surface area contributed by atoms with Crippen molar-refractivity contribution in [3.8, 4) is 0 Å². The van der Waals surface area contributed by atoms with Gasteiger partial charge < -0.3 is 21.7 Å². The van der Waals surface area contributed by atoms with Crippen LogP contribution in [0.4, 0.5) is 0 Å². The third-order valence-corrected chi connectivity index (χ3v) is 0. The van der Waals surface area contributed by atoms with Gasteiger partial charge in [0.15, 0.2) is 0 Å². The largest absolute Gasteiger partial charge is 1.00 e. The van der Waals surface area contributed by atoms with E-state index in [1.54, 1.807) is 0 Å². The molecule has 52 valence electrons. The fourth-order valence-electron chi connectivity index (χ4n) is 0. The van der Waals surface area contributed by atoms with E-state index < -0.39 is 14.7 Å². The van der Waals surface area contributed by atoms with E-state index >= 15 is 0 Å². The van der Waals surface area contributed by atoms with Crippen LogP contribution in [0.15, 0.2) is 0 Å². The van der Waals surface area contributed by atoms with Gasteiger partial charge in [0, 0.05) is 5.97 Å². The van der Waals surface area contributed by atoms with Gasteiger partial charge in [-0.1, -0.05) is 0 Å². The normalized spacial score (nSPS) is 4.18. The zero-order valence-corrected chi connectivity index (χ0v) is 14.0. The molecule has 0 spiro atoms. The molecule has 0 rings (SSSR count). The summed E-state index contributed by atoms with van der Waals surface area (Å²) in [5.74, 6) is -1.08. The topological polar surface area (TPSA) is 112 Å². The predicted octanol–water partition coefficient (Wildman–Crippen LogP) is -11.4. The van der Waals surface area contributed by atoms with Crippen LogP contribution in [0.1, 0.15) is 8.35 Å². The zero-order chi connectivity index (χ0) is 6.28. The fraction of sp³-hybridized carbons (Fsp3) is 0.500. The summed E-state index contributed by atoms with van der Waals surface area (Å²) in [5, 5.41) is 8.89. The minimum atomic E-state index is -1.08. The molecule has 11 heavy (non-hydrogen) atoms. The van der Waals surface area contributed by atoms with Gasteiger partial charge in [0.05, 0.1) is 8.69 Å². The molecular weight excluding hydrogens is 204 g/mol. The summed E-state index contributed by atoms with van der Waals surface area (Å²) in [7, 11) is -1.08. The summed E-state index contributed by atoms with van der Waals surface area (Å²) >= 11 is 0. The van der Waals surface area contributed by atoms with Crippen molar-refractivity contribution in [1.82, 2.24) is 0 Å². The third-order valence-electron chi connectivity index (χ3n) is 0. The first-order valence-electron chi connectivity index (χ1n) is 1.27. The van der Waals surface area contributed by atoms with Crippen molar-refractivity contribution < 1.29 is 115 Å². The number of carboxylic acids is 1. The number of rotatable bonds is 0. The van der Waals surface area contributed by atoms with Crippen molar-refractivity contribution in [2.45, 2.75) is 6.92 Å². The molecule has 0 saturated carbocycles. The summed E-state index contributed by atoms with van der Waals surface area (Å²) in [6.45, 7) is 0.972. The molecule has 0 aliphatic rings. The van der Waals surface area contributed by atoms with Crippen molar-refractivity contribution in [2.24, 2.45) is 0 Å². The van der Waals surface area contributed by atoms with Crippen molar-refractivity contribution in [2.75, 3.05) is 0 Å². The van der Waals surface area contributed by atoms with Gasteiger partial charge in [0.1, 0.15) is 0 Å². The van der Waals surface area contributed by atoms with Gasteiger partial charge in [0.25, 0.3) is 0 Å². The Morgan fingerprint density at radius 1 is 1.36 bits per heavy atom. The van der Waals surface area contributed by atoms with E-state index in [1.165, 1.54) is 0 Å². The maximum Gasteiger partial charge on any atom is 1.00 e. The van der Waals surface area contributed by atoms with Crippen LogP contribution in [0.2, 0.25) is 0 Å². The van der Waals surface area contributed by atoms with Gasteiger partial charge >= 0.3 is 88.7 Å². The monoisotopic (exact) mass is 210 g/mol. The van der Waals surface area contributed by atoms with Crippen LogP contribution in [-0.4, -0.2) is 11.4 Å². The number of hydrogen-bond donors (Lipinski definition) is 0. The average Bonchev–Trinajstić information content (AvgIpc) is 1.33. The van der Waals surface area contributed by atoms with Crippen molar-refractivity contribution in [3.05, 3.63) is 0 Å². The first-order valence-corrected chi connectivity index (χ1v) is 2.00. The molecular formula is C2H6Na3O5P. The van der Waals surface area contributed by atoms with Crippen LogP contribution >= 0.6 is 8.69 Å². The van der Waals surface area contributed by atoms with E-state index in [1.807, 2.05) is 0 Å². The number of carbonyl (C=O) groups excluding carboxylic acids is 1. The molecule has 0 radical (unpaired) electrons. The first kappa shape index (κ1) is 37.5. The van der Waals surface area contributed by atoms with Crippen molar-refractivity contribution in [1.29, 1.82) is 0 Å². The van der Waals surface area contributed by atoms with Crippen LogP contribution in [0, 0.1) is 0 Å². The molecule has 0 aromatic heterocycles. The van der Waals surface area contributed by atoms with E-state index in [0.29, 0.717) is 0 Å². The fourth-order valence-corrected chi connectivity index (χ4v) is 0. The predicted molar refractivity (Wildman–Crippen MR) is 23.0 cm³/mol. The summed E-state index contributed by atoms with van der Waals surface area (Å²) in [6, 6.07) is 0. The molecule has 0 aliphatic carbocycles. The van der Waals surface area contributed by atoms with E-state index in [-0.39, 0.29) is 95.6 Å². The second-order valence-electron chi connectivity index (χ2n) is 0.566. The van der Waals surface area contributed by atoms with Gasteiger partial charge in [-0.15, -0.1) is 0 Å². The Morgan fingerprint density at radius 3 is 1.36 bits per heavy atom.